The van der Waals surface area contributed by atoms with E-state index in [2.05, 4.69) is 20.3 Å². The Bertz CT molecular complexity index is 920. The maximum atomic E-state index is 12.9. The monoisotopic (exact) mass is 393 g/mol. The number of aromatic nitrogens is 2. The number of carbonyl (C=O) groups excluding carboxylic acids is 1. The topological polar surface area (TPSA) is 113 Å². The molecule has 148 valence electrons. The maximum absolute atomic E-state index is 12.9. The van der Waals surface area contributed by atoms with E-state index in [1.54, 1.807) is 0 Å². The lowest BCUT2D eigenvalue weighted by Crippen LogP contribution is -2.14. The highest BCUT2D eigenvalue weighted by Gasteiger charge is 2.32. The van der Waals surface area contributed by atoms with Crippen molar-refractivity contribution in [3.8, 4) is 17.0 Å². The Kier molecular flexibility index (Phi) is 5.21. The molecule has 1 aromatic heterocycles. The Balaban J connectivity index is 1.81. The molecular formula is C18H18F3N5O2. The van der Waals surface area contributed by atoms with Crippen molar-refractivity contribution in [3.05, 3.63) is 35.2 Å². The van der Waals surface area contributed by atoms with Crippen LogP contribution in [0.5, 0.6) is 5.75 Å². The Morgan fingerprint density at radius 3 is 2.75 bits per heavy atom. The lowest BCUT2D eigenvalue weighted by Gasteiger charge is -2.13. The van der Waals surface area contributed by atoms with Gasteiger partial charge in [-0.05, 0) is 24.6 Å². The second kappa shape index (κ2) is 7.45. The largest absolute Gasteiger partial charge is 0.507 e. The first-order chi connectivity index (χ1) is 13.1. The number of nitrogens with one attached hydrogen (secondary N) is 1. The van der Waals surface area contributed by atoms with E-state index in [0.717, 1.165) is 6.07 Å². The molecule has 1 amide bonds. The molecule has 1 aliphatic heterocycles. The Morgan fingerprint density at radius 2 is 2.18 bits per heavy atom. The number of hydrogen-bond donors (Lipinski definition) is 3. The van der Waals surface area contributed by atoms with Crippen molar-refractivity contribution in [3.63, 3.8) is 0 Å². The number of phenolic OH excluding ortho intramolecular Hbond substituents is 1. The molecule has 1 aromatic carbocycles. The first-order valence-electron chi connectivity index (χ1n) is 8.45. The number of nitrogen functional groups attached to an aromatic ring is 1. The number of alkyl halides is 3. The van der Waals surface area contributed by atoms with Gasteiger partial charge in [0.1, 0.15) is 11.4 Å². The maximum Gasteiger partial charge on any atom is 0.416 e. The number of amides is 1. The van der Waals surface area contributed by atoms with Gasteiger partial charge in [-0.3, -0.25) is 9.79 Å². The molecule has 28 heavy (non-hydrogen) atoms. The third-order valence-electron chi connectivity index (χ3n) is 4.37. The highest BCUT2D eigenvalue weighted by atomic mass is 19.4. The van der Waals surface area contributed by atoms with Gasteiger partial charge in [-0.1, -0.05) is 0 Å². The first-order valence-corrected chi connectivity index (χ1v) is 8.45. The summed E-state index contributed by atoms with van der Waals surface area (Å²) in [6.07, 6.45) is -1.39. The van der Waals surface area contributed by atoms with Gasteiger partial charge in [-0.15, -0.1) is 0 Å². The van der Waals surface area contributed by atoms with Crippen molar-refractivity contribution in [1.29, 1.82) is 0 Å². The van der Waals surface area contributed by atoms with Gasteiger partial charge in [0.15, 0.2) is 5.82 Å². The van der Waals surface area contributed by atoms with Gasteiger partial charge in [-0.2, -0.15) is 13.2 Å². The Hall–Kier alpha value is -3.17. The predicted molar refractivity (Wildman–Crippen MR) is 96.9 cm³/mol. The van der Waals surface area contributed by atoms with Crippen LogP contribution in [0.3, 0.4) is 0 Å². The van der Waals surface area contributed by atoms with Crippen LogP contribution < -0.4 is 11.1 Å². The number of phenols is 1. The standard InChI is InChI=1S/C18H18F3N5O2/c1-9-2-11(18(19,20)21)4-14(27)16(9)12-8-24-13(17(22)26-12)7-23-5-10-3-15(28)25-6-10/h2,4,7-8,10,27H,3,5-6H2,1H3,(H2,22,26)(H,25,28)/t10-/m0/s1. The number of nitrogens with zero attached hydrogens (tertiary/aromatic N) is 3. The quantitative estimate of drug-likeness (QED) is 0.690. The summed E-state index contributed by atoms with van der Waals surface area (Å²) >= 11 is 0. The van der Waals surface area contributed by atoms with Gasteiger partial charge in [-0.25, -0.2) is 9.97 Å². The molecule has 3 rings (SSSR count). The van der Waals surface area contributed by atoms with Crippen molar-refractivity contribution >= 4 is 17.9 Å². The molecule has 1 fully saturated rings. The SMILES string of the molecule is Cc1cc(C(F)(F)F)cc(O)c1-c1cnc(C=NC[C@H]2CNC(=O)C2)c(N)n1. The van der Waals surface area contributed by atoms with Gasteiger partial charge < -0.3 is 16.2 Å². The van der Waals surface area contributed by atoms with Crippen LogP contribution in [0.25, 0.3) is 11.3 Å². The lowest BCUT2D eigenvalue weighted by molar-refractivity contribution is -0.137. The normalized spacial score (nSPS) is 17.3. The third-order valence-corrected chi connectivity index (χ3v) is 4.37. The summed E-state index contributed by atoms with van der Waals surface area (Å²) in [5.74, 6) is -0.416. The number of benzene rings is 1. The molecule has 0 radical (unpaired) electrons. The number of carbonyl (C=O) groups is 1. The number of aromatic hydroxyl groups is 1. The van der Waals surface area contributed by atoms with E-state index in [-0.39, 0.29) is 34.5 Å². The van der Waals surface area contributed by atoms with Gasteiger partial charge in [0.25, 0.3) is 0 Å². The van der Waals surface area contributed by atoms with Crippen LogP contribution in [0.1, 0.15) is 23.2 Å². The number of hydrogen-bond acceptors (Lipinski definition) is 6. The van der Waals surface area contributed by atoms with Crippen LogP contribution in [0.2, 0.25) is 0 Å². The zero-order valence-corrected chi connectivity index (χ0v) is 14.9. The molecule has 2 aromatic rings. The number of nitrogens with two attached hydrogens (primary N) is 1. The van der Waals surface area contributed by atoms with E-state index in [0.29, 0.717) is 31.3 Å². The van der Waals surface area contributed by atoms with Crippen molar-refractivity contribution in [2.75, 3.05) is 18.8 Å². The fraction of sp³-hybridized carbons (Fsp3) is 0.333. The van der Waals surface area contributed by atoms with E-state index in [4.69, 9.17) is 5.73 Å². The van der Waals surface area contributed by atoms with E-state index >= 15 is 0 Å². The molecule has 0 saturated carbocycles. The summed E-state index contributed by atoms with van der Waals surface area (Å²) < 4.78 is 38.6. The minimum Gasteiger partial charge on any atom is -0.507 e. The van der Waals surface area contributed by atoms with Crippen molar-refractivity contribution < 1.29 is 23.1 Å². The summed E-state index contributed by atoms with van der Waals surface area (Å²) in [6.45, 7) is 2.44. The second-order valence-electron chi connectivity index (χ2n) is 6.58. The van der Waals surface area contributed by atoms with E-state index in [1.807, 2.05) is 0 Å². The number of aliphatic imine (C=N–C) groups is 1. The third kappa shape index (κ3) is 4.21. The molecule has 1 saturated heterocycles. The Labute approximate surface area is 158 Å². The molecule has 10 heteroatoms. The van der Waals surface area contributed by atoms with Crippen LogP contribution in [0.15, 0.2) is 23.3 Å². The first kappa shape index (κ1) is 19.6. The number of anilines is 1. The average Bonchev–Trinajstić information content (AvgIpc) is 3.00. The Morgan fingerprint density at radius 1 is 1.43 bits per heavy atom. The molecule has 4 N–H and O–H groups in total. The van der Waals surface area contributed by atoms with E-state index in [1.165, 1.54) is 19.3 Å². The van der Waals surface area contributed by atoms with Crippen molar-refractivity contribution in [2.24, 2.45) is 10.9 Å². The van der Waals surface area contributed by atoms with Crippen LogP contribution in [-0.4, -0.2) is 40.3 Å². The number of halogens is 3. The van der Waals surface area contributed by atoms with Gasteiger partial charge in [0.2, 0.25) is 5.91 Å². The van der Waals surface area contributed by atoms with Gasteiger partial charge in [0, 0.05) is 31.0 Å². The van der Waals surface area contributed by atoms with Gasteiger partial charge in [0.05, 0.1) is 23.7 Å². The molecule has 0 spiro atoms. The van der Waals surface area contributed by atoms with Crippen LogP contribution in [0.4, 0.5) is 19.0 Å². The van der Waals surface area contributed by atoms with Crippen molar-refractivity contribution in [2.45, 2.75) is 19.5 Å². The zero-order valence-electron chi connectivity index (χ0n) is 14.9. The number of rotatable bonds is 4. The van der Waals surface area contributed by atoms with Crippen LogP contribution in [-0.2, 0) is 11.0 Å². The average molecular weight is 393 g/mol. The molecule has 0 unspecified atom stereocenters. The highest BCUT2D eigenvalue weighted by molar-refractivity contribution is 5.84. The lowest BCUT2D eigenvalue weighted by atomic mass is 10.0. The van der Waals surface area contributed by atoms with E-state index < -0.39 is 17.5 Å². The summed E-state index contributed by atoms with van der Waals surface area (Å²) in [4.78, 5) is 23.6. The highest BCUT2D eigenvalue weighted by Crippen LogP contribution is 2.38. The summed E-state index contributed by atoms with van der Waals surface area (Å²) in [5, 5.41) is 12.8. The fourth-order valence-corrected chi connectivity index (χ4v) is 2.98. The molecule has 2 heterocycles. The van der Waals surface area contributed by atoms with Crippen molar-refractivity contribution in [1.82, 2.24) is 15.3 Å². The van der Waals surface area contributed by atoms with Crippen LogP contribution >= 0.6 is 0 Å². The molecule has 1 atom stereocenters. The summed E-state index contributed by atoms with van der Waals surface area (Å²) in [5.41, 5.74) is 5.71. The molecule has 1 aliphatic rings. The predicted octanol–water partition coefficient (Wildman–Crippen LogP) is 2.31. The minimum absolute atomic E-state index is 0.00409. The number of aryl methyl sites for hydroxylation is 1. The summed E-state index contributed by atoms with van der Waals surface area (Å²) in [6, 6.07) is 1.58. The smallest absolute Gasteiger partial charge is 0.416 e. The zero-order chi connectivity index (χ0) is 20.5. The molecular weight excluding hydrogens is 375 g/mol. The fourth-order valence-electron chi connectivity index (χ4n) is 2.98. The molecule has 7 nitrogen and oxygen atoms in total. The minimum atomic E-state index is -4.56. The summed E-state index contributed by atoms with van der Waals surface area (Å²) in [7, 11) is 0. The molecule has 0 aliphatic carbocycles. The second-order valence-corrected chi connectivity index (χ2v) is 6.58. The molecule has 0 bridgehead atoms. The van der Waals surface area contributed by atoms with Crippen LogP contribution in [0, 0.1) is 12.8 Å². The van der Waals surface area contributed by atoms with E-state index in [9.17, 15) is 23.1 Å². The van der Waals surface area contributed by atoms with Gasteiger partial charge >= 0.3 is 6.18 Å².